The Morgan fingerprint density at radius 1 is 0.969 bits per heavy atom. The standard InChI is InChI=1S/C26H24ClN3O2/c27-21-7-5-19(6-8-21)16-29-17-20(24-3-1-2-4-25(24)29)15-28-22-9-11-23(12-10-22)30-13-14-32-18-26(30)31/h1-12,17,28H,13-16,18H2. The number of morpholine rings is 1. The molecule has 0 aliphatic carbocycles. The summed E-state index contributed by atoms with van der Waals surface area (Å²) in [5, 5.41) is 5.51. The van der Waals surface area contributed by atoms with Crippen molar-refractivity contribution in [2.24, 2.45) is 0 Å². The predicted octanol–water partition coefficient (Wildman–Crippen LogP) is 5.32. The Bertz CT molecular complexity index is 1230. The fourth-order valence-electron chi connectivity index (χ4n) is 4.13. The van der Waals surface area contributed by atoms with Crippen LogP contribution in [0.5, 0.6) is 0 Å². The average Bonchev–Trinajstić information content (AvgIpc) is 3.17. The molecule has 4 aromatic rings. The van der Waals surface area contributed by atoms with E-state index in [9.17, 15) is 4.79 Å². The number of hydrogen-bond acceptors (Lipinski definition) is 3. The molecule has 5 rings (SSSR count). The Hall–Kier alpha value is -3.28. The van der Waals surface area contributed by atoms with E-state index >= 15 is 0 Å². The molecule has 1 saturated heterocycles. The zero-order valence-corrected chi connectivity index (χ0v) is 18.4. The van der Waals surface area contributed by atoms with E-state index in [2.05, 4.69) is 52.5 Å². The minimum Gasteiger partial charge on any atom is -0.381 e. The number of hydrogen-bond donors (Lipinski definition) is 1. The second-order valence-electron chi connectivity index (χ2n) is 7.92. The van der Waals surface area contributed by atoms with Gasteiger partial charge in [0.1, 0.15) is 6.61 Å². The first kappa shape index (κ1) is 20.6. The molecule has 6 heteroatoms. The number of carbonyl (C=O) groups is 1. The number of nitrogens with zero attached hydrogens (tertiary/aromatic N) is 2. The van der Waals surface area contributed by atoms with Gasteiger partial charge in [0.05, 0.1) is 6.61 Å². The summed E-state index contributed by atoms with van der Waals surface area (Å²) < 4.78 is 7.49. The summed E-state index contributed by atoms with van der Waals surface area (Å²) in [6, 6.07) is 24.5. The number of para-hydroxylation sites is 1. The molecule has 0 atom stereocenters. The van der Waals surface area contributed by atoms with Crippen molar-refractivity contribution in [1.29, 1.82) is 0 Å². The van der Waals surface area contributed by atoms with Crippen LogP contribution in [0, 0.1) is 0 Å². The number of rotatable bonds is 6. The molecule has 3 aromatic carbocycles. The van der Waals surface area contributed by atoms with Gasteiger partial charge in [-0.15, -0.1) is 0 Å². The van der Waals surface area contributed by atoms with Gasteiger partial charge in [-0.1, -0.05) is 41.9 Å². The van der Waals surface area contributed by atoms with Crippen LogP contribution in [0.2, 0.25) is 5.02 Å². The number of aromatic nitrogens is 1. The number of anilines is 2. The van der Waals surface area contributed by atoms with Crippen LogP contribution in [0.3, 0.4) is 0 Å². The van der Waals surface area contributed by atoms with Crippen LogP contribution in [-0.4, -0.2) is 30.2 Å². The first-order valence-electron chi connectivity index (χ1n) is 10.7. The monoisotopic (exact) mass is 445 g/mol. The first-order chi connectivity index (χ1) is 15.7. The van der Waals surface area contributed by atoms with Crippen LogP contribution in [0.4, 0.5) is 11.4 Å². The van der Waals surface area contributed by atoms with Gasteiger partial charge in [0, 0.05) is 53.1 Å². The molecule has 0 spiro atoms. The molecule has 1 aliphatic rings. The molecule has 1 aromatic heterocycles. The van der Waals surface area contributed by atoms with Gasteiger partial charge in [-0.2, -0.15) is 0 Å². The molecular formula is C26H24ClN3O2. The smallest absolute Gasteiger partial charge is 0.253 e. The molecule has 0 saturated carbocycles. The summed E-state index contributed by atoms with van der Waals surface area (Å²) in [6.45, 7) is 2.83. The minimum absolute atomic E-state index is 0.00505. The van der Waals surface area contributed by atoms with Crippen molar-refractivity contribution < 1.29 is 9.53 Å². The van der Waals surface area contributed by atoms with Gasteiger partial charge in [-0.25, -0.2) is 0 Å². The highest BCUT2D eigenvalue weighted by Gasteiger charge is 2.19. The fourth-order valence-corrected chi connectivity index (χ4v) is 4.25. The lowest BCUT2D eigenvalue weighted by Gasteiger charge is -2.27. The highest BCUT2D eigenvalue weighted by Crippen LogP contribution is 2.25. The zero-order valence-electron chi connectivity index (χ0n) is 17.6. The third-order valence-corrected chi connectivity index (χ3v) is 6.04. The molecule has 32 heavy (non-hydrogen) atoms. The number of halogens is 1. The van der Waals surface area contributed by atoms with Gasteiger partial charge in [-0.05, 0) is 53.6 Å². The molecule has 0 bridgehead atoms. The average molecular weight is 446 g/mol. The summed E-state index contributed by atoms with van der Waals surface area (Å²) in [7, 11) is 0. The van der Waals surface area contributed by atoms with E-state index in [-0.39, 0.29) is 12.5 Å². The number of nitrogens with one attached hydrogen (secondary N) is 1. The molecule has 1 fully saturated rings. The quantitative estimate of drug-likeness (QED) is 0.437. The lowest BCUT2D eigenvalue weighted by Crippen LogP contribution is -2.41. The largest absolute Gasteiger partial charge is 0.381 e. The van der Waals surface area contributed by atoms with Gasteiger partial charge >= 0.3 is 0 Å². The molecule has 1 N–H and O–H groups in total. The summed E-state index contributed by atoms with van der Waals surface area (Å²) >= 11 is 6.03. The molecule has 2 heterocycles. The van der Waals surface area contributed by atoms with Crippen molar-refractivity contribution in [3.8, 4) is 0 Å². The van der Waals surface area contributed by atoms with Gasteiger partial charge in [0.2, 0.25) is 0 Å². The SMILES string of the molecule is O=C1COCCN1c1ccc(NCc2cn(Cc3ccc(Cl)cc3)c3ccccc23)cc1. The van der Waals surface area contributed by atoms with E-state index < -0.39 is 0 Å². The topological polar surface area (TPSA) is 46.5 Å². The summed E-state index contributed by atoms with van der Waals surface area (Å²) in [6.07, 6.45) is 2.22. The highest BCUT2D eigenvalue weighted by atomic mass is 35.5. The summed E-state index contributed by atoms with van der Waals surface area (Å²) in [5.74, 6) is 0.00505. The van der Waals surface area contributed by atoms with E-state index in [0.717, 1.165) is 22.9 Å². The van der Waals surface area contributed by atoms with Crippen molar-refractivity contribution in [3.05, 3.63) is 95.1 Å². The van der Waals surface area contributed by atoms with Crippen LogP contribution < -0.4 is 10.2 Å². The number of carbonyl (C=O) groups excluding carboxylic acids is 1. The Kier molecular flexibility index (Phi) is 5.84. The van der Waals surface area contributed by atoms with Gasteiger partial charge in [-0.3, -0.25) is 4.79 Å². The van der Waals surface area contributed by atoms with Gasteiger partial charge in [0.15, 0.2) is 0 Å². The van der Waals surface area contributed by atoms with E-state index in [1.165, 1.54) is 22.0 Å². The Balaban J connectivity index is 1.32. The lowest BCUT2D eigenvalue weighted by molar-refractivity contribution is -0.125. The second kappa shape index (κ2) is 9.07. The van der Waals surface area contributed by atoms with Crippen LogP contribution in [-0.2, 0) is 22.6 Å². The van der Waals surface area contributed by atoms with Crippen molar-refractivity contribution in [2.75, 3.05) is 30.0 Å². The zero-order chi connectivity index (χ0) is 21.9. The maximum atomic E-state index is 12.0. The number of fused-ring (bicyclic) bond motifs is 1. The molecular weight excluding hydrogens is 422 g/mol. The molecule has 0 unspecified atom stereocenters. The molecule has 1 aliphatic heterocycles. The predicted molar refractivity (Wildman–Crippen MR) is 129 cm³/mol. The molecule has 5 nitrogen and oxygen atoms in total. The van der Waals surface area contributed by atoms with Crippen LogP contribution >= 0.6 is 11.6 Å². The number of benzene rings is 3. The van der Waals surface area contributed by atoms with E-state index in [4.69, 9.17) is 16.3 Å². The summed E-state index contributed by atoms with van der Waals surface area (Å²) in [4.78, 5) is 13.8. The van der Waals surface area contributed by atoms with Gasteiger partial charge < -0.3 is 19.5 Å². The van der Waals surface area contributed by atoms with E-state index in [0.29, 0.717) is 19.7 Å². The summed E-state index contributed by atoms with van der Waals surface area (Å²) in [5.41, 5.74) is 5.58. The lowest BCUT2D eigenvalue weighted by atomic mass is 10.1. The highest BCUT2D eigenvalue weighted by molar-refractivity contribution is 6.30. The Morgan fingerprint density at radius 3 is 2.53 bits per heavy atom. The van der Waals surface area contributed by atoms with Crippen molar-refractivity contribution in [1.82, 2.24) is 4.57 Å². The fraction of sp³-hybridized carbons (Fsp3) is 0.192. The Labute approximate surface area is 192 Å². The second-order valence-corrected chi connectivity index (χ2v) is 8.36. The van der Waals surface area contributed by atoms with Crippen LogP contribution in [0.15, 0.2) is 79.0 Å². The Morgan fingerprint density at radius 2 is 1.75 bits per heavy atom. The molecule has 162 valence electrons. The van der Waals surface area contributed by atoms with Crippen molar-refractivity contribution in [2.45, 2.75) is 13.1 Å². The maximum absolute atomic E-state index is 12.0. The molecule has 1 amide bonds. The van der Waals surface area contributed by atoms with Crippen molar-refractivity contribution in [3.63, 3.8) is 0 Å². The third-order valence-electron chi connectivity index (χ3n) is 5.79. The maximum Gasteiger partial charge on any atom is 0.253 e. The third kappa shape index (κ3) is 4.35. The van der Waals surface area contributed by atoms with Gasteiger partial charge in [0.25, 0.3) is 5.91 Å². The normalized spacial score (nSPS) is 14.2. The first-order valence-corrected chi connectivity index (χ1v) is 11.1. The van der Waals surface area contributed by atoms with E-state index in [1.54, 1.807) is 4.90 Å². The molecule has 0 radical (unpaired) electrons. The minimum atomic E-state index is 0.00505. The van der Waals surface area contributed by atoms with Crippen molar-refractivity contribution >= 4 is 39.8 Å². The van der Waals surface area contributed by atoms with Crippen LogP contribution in [0.25, 0.3) is 10.9 Å². The van der Waals surface area contributed by atoms with Crippen LogP contribution in [0.1, 0.15) is 11.1 Å². The number of amides is 1. The van der Waals surface area contributed by atoms with E-state index in [1.807, 2.05) is 36.4 Å². The number of ether oxygens (including phenoxy) is 1.